The van der Waals surface area contributed by atoms with E-state index in [4.69, 9.17) is 0 Å². The smallest absolute Gasteiger partial charge is 0.224 e. The van der Waals surface area contributed by atoms with Gasteiger partial charge < -0.3 is 15.0 Å². The minimum Gasteiger partial charge on any atom is -0.390 e. The van der Waals surface area contributed by atoms with Gasteiger partial charge in [0.15, 0.2) is 0 Å². The second kappa shape index (κ2) is 7.24. The lowest BCUT2D eigenvalue weighted by Crippen LogP contribution is -2.67. The van der Waals surface area contributed by atoms with Crippen molar-refractivity contribution in [2.75, 3.05) is 0 Å². The van der Waals surface area contributed by atoms with Crippen molar-refractivity contribution < 1.29 is 14.3 Å². The van der Waals surface area contributed by atoms with E-state index in [-0.39, 0.29) is 29.7 Å². The standard InChI is InChI=1S/C25H27FN2O2/c1-2-18-12-25(30)13-19(14-25)28(18)24(29)11-21(16-6-4-3-5-7-16)22-15-27-23-10-17(26)8-9-20(22)23/h3-10,15,18-19,21,27,30H,2,11-14H2,1H3. The summed E-state index contributed by atoms with van der Waals surface area (Å²) in [6, 6.07) is 15.1. The quantitative estimate of drug-likeness (QED) is 0.643. The fourth-order valence-electron chi connectivity index (χ4n) is 5.55. The fourth-order valence-corrected chi connectivity index (χ4v) is 5.55. The molecule has 156 valence electrons. The lowest BCUT2D eigenvalue weighted by atomic mass is 9.66. The van der Waals surface area contributed by atoms with Gasteiger partial charge in [-0.1, -0.05) is 37.3 Å². The van der Waals surface area contributed by atoms with Crippen LogP contribution >= 0.6 is 0 Å². The summed E-state index contributed by atoms with van der Waals surface area (Å²) in [5.74, 6) is -0.255. The van der Waals surface area contributed by atoms with Gasteiger partial charge in [-0.15, -0.1) is 0 Å². The van der Waals surface area contributed by atoms with Crippen LogP contribution in [0.1, 0.15) is 56.1 Å². The Kier molecular flexibility index (Phi) is 4.66. The van der Waals surface area contributed by atoms with E-state index < -0.39 is 5.60 Å². The van der Waals surface area contributed by atoms with Crippen molar-refractivity contribution in [2.24, 2.45) is 0 Å². The Balaban J connectivity index is 1.49. The molecule has 30 heavy (non-hydrogen) atoms. The van der Waals surface area contributed by atoms with E-state index in [2.05, 4.69) is 24.0 Å². The molecule has 2 saturated heterocycles. The lowest BCUT2D eigenvalue weighted by Gasteiger charge is -2.58. The molecular formula is C25H27FN2O2. The minimum atomic E-state index is -0.568. The summed E-state index contributed by atoms with van der Waals surface area (Å²) in [4.78, 5) is 18.8. The zero-order chi connectivity index (χ0) is 20.9. The fraction of sp³-hybridized carbons (Fsp3) is 0.400. The van der Waals surface area contributed by atoms with Gasteiger partial charge >= 0.3 is 0 Å². The van der Waals surface area contributed by atoms with Crippen molar-refractivity contribution in [1.82, 2.24) is 9.88 Å². The number of carbonyl (C=O) groups excluding carboxylic acids is 1. The number of fused-ring (bicyclic) bond motifs is 3. The number of hydrogen-bond donors (Lipinski definition) is 2. The first-order valence-corrected chi connectivity index (χ1v) is 10.8. The van der Waals surface area contributed by atoms with Gasteiger partial charge in [0.25, 0.3) is 0 Å². The van der Waals surface area contributed by atoms with Crippen LogP contribution in [0.3, 0.4) is 0 Å². The number of rotatable bonds is 5. The number of benzene rings is 2. The van der Waals surface area contributed by atoms with Crippen molar-refractivity contribution >= 4 is 16.8 Å². The van der Waals surface area contributed by atoms with Crippen LogP contribution in [0.5, 0.6) is 0 Å². The molecule has 1 saturated carbocycles. The first-order valence-electron chi connectivity index (χ1n) is 10.8. The largest absolute Gasteiger partial charge is 0.390 e. The summed E-state index contributed by atoms with van der Waals surface area (Å²) in [6.45, 7) is 2.09. The Morgan fingerprint density at radius 3 is 2.73 bits per heavy atom. The third-order valence-corrected chi connectivity index (χ3v) is 7.02. The average molecular weight is 407 g/mol. The molecular weight excluding hydrogens is 379 g/mol. The predicted molar refractivity (Wildman–Crippen MR) is 115 cm³/mol. The van der Waals surface area contributed by atoms with Crippen molar-refractivity contribution in [3.63, 3.8) is 0 Å². The first kappa shape index (κ1) is 19.3. The van der Waals surface area contributed by atoms with Gasteiger partial charge in [0.05, 0.1) is 5.60 Å². The highest BCUT2D eigenvalue weighted by atomic mass is 19.1. The molecule has 2 aliphatic heterocycles. The lowest BCUT2D eigenvalue weighted by molar-refractivity contribution is -0.178. The molecule has 4 nitrogen and oxygen atoms in total. The van der Waals surface area contributed by atoms with Gasteiger partial charge in [0, 0.05) is 41.5 Å². The molecule has 2 aromatic carbocycles. The number of nitrogens with one attached hydrogen (secondary N) is 1. The number of hydrogen-bond acceptors (Lipinski definition) is 2. The summed E-state index contributed by atoms with van der Waals surface area (Å²) >= 11 is 0. The highest BCUT2D eigenvalue weighted by Gasteiger charge is 2.54. The zero-order valence-electron chi connectivity index (χ0n) is 17.1. The van der Waals surface area contributed by atoms with Crippen molar-refractivity contribution in [3.05, 3.63) is 71.7 Å². The number of amides is 1. The second-order valence-corrected chi connectivity index (χ2v) is 8.95. The third-order valence-electron chi connectivity index (χ3n) is 7.02. The van der Waals surface area contributed by atoms with E-state index >= 15 is 0 Å². The molecule has 3 heterocycles. The summed E-state index contributed by atoms with van der Waals surface area (Å²) in [6.07, 6.45) is 5.18. The highest BCUT2D eigenvalue weighted by Crippen LogP contribution is 2.47. The molecule has 2 atom stereocenters. The van der Waals surface area contributed by atoms with Gasteiger partial charge in [-0.2, -0.15) is 0 Å². The van der Waals surface area contributed by atoms with Gasteiger partial charge in [-0.3, -0.25) is 4.79 Å². The third kappa shape index (κ3) is 3.21. The van der Waals surface area contributed by atoms with Crippen LogP contribution in [0.4, 0.5) is 4.39 Å². The molecule has 3 aromatic rings. The van der Waals surface area contributed by atoms with Gasteiger partial charge in [-0.05, 0) is 55.0 Å². The van der Waals surface area contributed by atoms with E-state index in [1.165, 1.54) is 12.1 Å². The monoisotopic (exact) mass is 406 g/mol. The molecule has 5 heteroatoms. The summed E-state index contributed by atoms with van der Waals surface area (Å²) < 4.78 is 13.7. The van der Waals surface area contributed by atoms with E-state index in [9.17, 15) is 14.3 Å². The topological polar surface area (TPSA) is 56.3 Å². The Bertz CT molecular complexity index is 1070. The maximum absolute atomic E-state index is 13.7. The maximum Gasteiger partial charge on any atom is 0.224 e. The molecule has 2 N–H and O–H groups in total. The van der Waals surface area contributed by atoms with E-state index in [1.807, 2.05) is 29.3 Å². The van der Waals surface area contributed by atoms with Crippen LogP contribution < -0.4 is 0 Å². The number of aromatic nitrogens is 1. The van der Waals surface area contributed by atoms with Crippen LogP contribution in [-0.4, -0.2) is 38.6 Å². The normalized spacial score (nSPS) is 26.4. The molecule has 1 amide bonds. The van der Waals surface area contributed by atoms with E-state index in [1.54, 1.807) is 6.07 Å². The number of piperidine rings is 2. The van der Waals surface area contributed by atoms with Crippen molar-refractivity contribution in [3.8, 4) is 0 Å². The Morgan fingerprint density at radius 1 is 1.23 bits per heavy atom. The van der Waals surface area contributed by atoms with Gasteiger partial charge in [0.2, 0.25) is 5.91 Å². The van der Waals surface area contributed by atoms with Crippen LogP contribution in [0.25, 0.3) is 10.9 Å². The number of aromatic amines is 1. The van der Waals surface area contributed by atoms with E-state index in [0.717, 1.165) is 28.5 Å². The Hall–Kier alpha value is -2.66. The molecule has 6 rings (SSSR count). The average Bonchev–Trinajstić information content (AvgIpc) is 3.14. The summed E-state index contributed by atoms with van der Waals surface area (Å²) in [5, 5.41) is 11.5. The molecule has 3 fully saturated rings. The van der Waals surface area contributed by atoms with Gasteiger partial charge in [-0.25, -0.2) is 4.39 Å². The van der Waals surface area contributed by atoms with Crippen molar-refractivity contribution in [1.29, 1.82) is 0 Å². The molecule has 1 aromatic heterocycles. The second-order valence-electron chi connectivity index (χ2n) is 8.95. The highest BCUT2D eigenvalue weighted by molar-refractivity contribution is 5.86. The SMILES string of the molecule is CCC1CC2(O)CC(C2)N1C(=O)CC(c1ccccc1)c1c[nH]c2cc(F)ccc12. The Morgan fingerprint density at radius 2 is 2.00 bits per heavy atom. The number of aliphatic hydroxyl groups is 1. The van der Waals surface area contributed by atoms with Crippen LogP contribution in [0.2, 0.25) is 0 Å². The number of H-pyrrole nitrogens is 1. The summed E-state index contributed by atoms with van der Waals surface area (Å²) in [7, 11) is 0. The molecule has 3 aliphatic rings. The van der Waals surface area contributed by atoms with Gasteiger partial charge in [0.1, 0.15) is 5.82 Å². The van der Waals surface area contributed by atoms with E-state index in [0.29, 0.717) is 25.7 Å². The van der Waals surface area contributed by atoms with Crippen LogP contribution in [0.15, 0.2) is 54.7 Å². The number of nitrogens with zero attached hydrogens (tertiary/aromatic N) is 1. The summed E-state index contributed by atoms with van der Waals surface area (Å²) in [5.41, 5.74) is 2.26. The first-order chi connectivity index (χ1) is 14.5. The van der Waals surface area contributed by atoms with Crippen LogP contribution in [-0.2, 0) is 4.79 Å². The van der Waals surface area contributed by atoms with Crippen LogP contribution in [0, 0.1) is 5.82 Å². The maximum atomic E-state index is 13.7. The molecule has 0 spiro atoms. The number of halogens is 1. The van der Waals surface area contributed by atoms with Crippen molar-refractivity contribution in [2.45, 2.75) is 62.6 Å². The zero-order valence-corrected chi connectivity index (χ0v) is 17.1. The predicted octanol–water partition coefficient (Wildman–Crippen LogP) is 4.73. The Labute approximate surface area is 175 Å². The molecule has 0 radical (unpaired) electrons. The molecule has 2 unspecified atom stereocenters. The number of carbonyl (C=O) groups is 1. The minimum absolute atomic E-state index is 0.100. The molecule has 2 bridgehead atoms. The molecule has 1 aliphatic carbocycles.